The van der Waals surface area contributed by atoms with E-state index in [9.17, 15) is 0 Å². The van der Waals surface area contributed by atoms with Gasteiger partial charge >= 0.3 is 0 Å². The Kier molecular flexibility index (Phi) is 3.23. The van der Waals surface area contributed by atoms with Crippen LogP contribution in [-0.4, -0.2) is 17.0 Å². The maximum Gasteiger partial charge on any atom is 0.131 e. The van der Waals surface area contributed by atoms with Gasteiger partial charge in [-0.25, -0.2) is 9.97 Å². The predicted molar refractivity (Wildman–Crippen MR) is 54.9 cm³/mol. The summed E-state index contributed by atoms with van der Waals surface area (Å²) in [6.07, 6.45) is 0.941. The van der Waals surface area contributed by atoms with Crippen molar-refractivity contribution in [3.05, 3.63) is 17.6 Å². The summed E-state index contributed by atoms with van der Waals surface area (Å²) in [5, 5.41) is 3.03. The molecule has 1 aromatic rings. The molecule has 3 heteroatoms. The molecule has 0 radical (unpaired) electrons. The summed E-state index contributed by atoms with van der Waals surface area (Å²) in [4.78, 5) is 8.74. The van der Waals surface area contributed by atoms with Crippen LogP contribution in [0.25, 0.3) is 0 Å². The summed E-state index contributed by atoms with van der Waals surface area (Å²) in [7, 11) is 1.88. The number of hydrogen-bond donors (Lipinski definition) is 1. The van der Waals surface area contributed by atoms with E-state index in [4.69, 9.17) is 0 Å². The molecule has 13 heavy (non-hydrogen) atoms. The number of aromatic nitrogens is 2. The minimum Gasteiger partial charge on any atom is -0.373 e. The van der Waals surface area contributed by atoms with Crippen molar-refractivity contribution >= 4 is 5.82 Å². The van der Waals surface area contributed by atoms with Crippen molar-refractivity contribution in [3.63, 3.8) is 0 Å². The Balaban J connectivity index is 2.88. The molecule has 0 saturated heterocycles. The van der Waals surface area contributed by atoms with Gasteiger partial charge in [0.1, 0.15) is 11.6 Å². The summed E-state index contributed by atoms with van der Waals surface area (Å²) < 4.78 is 0. The van der Waals surface area contributed by atoms with Crippen LogP contribution in [0.15, 0.2) is 6.07 Å². The van der Waals surface area contributed by atoms with E-state index >= 15 is 0 Å². The molecule has 72 valence electrons. The molecule has 1 rings (SSSR count). The summed E-state index contributed by atoms with van der Waals surface area (Å²) in [6.45, 7) is 6.34. The molecule has 0 aromatic carbocycles. The molecule has 0 spiro atoms. The molecule has 1 heterocycles. The third kappa shape index (κ3) is 3.01. The number of aryl methyl sites for hydroxylation is 1. The topological polar surface area (TPSA) is 37.8 Å². The maximum absolute atomic E-state index is 4.37. The Morgan fingerprint density at radius 1 is 1.38 bits per heavy atom. The average Bonchev–Trinajstić information content (AvgIpc) is 2.01. The van der Waals surface area contributed by atoms with Crippen LogP contribution in [0, 0.1) is 12.8 Å². The van der Waals surface area contributed by atoms with E-state index in [0.29, 0.717) is 5.92 Å². The lowest BCUT2D eigenvalue weighted by atomic mass is 10.1. The molecule has 0 aliphatic rings. The molecule has 3 nitrogen and oxygen atoms in total. The second-order valence-corrected chi connectivity index (χ2v) is 3.66. The molecule has 0 aliphatic heterocycles. The Morgan fingerprint density at radius 3 is 2.62 bits per heavy atom. The molecule has 1 aromatic heterocycles. The van der Waals surface area contributed by atoms with Crippen molar-refractivity contribution < 1.29 is 0 Å². The van der Waals surface area contributed by atoms with E-state index in [0.717, 1.165) is 23.8 Å². The van der Waals surface area contributed by atoms with Crippen molar-refractivity contribution in [1.82, 2.24) is 9.97 Å². The maximum atomic E-state index is 4.37. The van der Waals surface area contributed by atoms with Gasteiger partial charge in [-0.15, -0.1) is 0 Å². The van der Waals surface area contributed by atoms with Gasteiger partial charge in [0.25, 0.3) is 0 Å². The molecule has 0 fully saturated rings. The highest BCUT2D eigenvalue weighted by Gasteiger charge is 2.03. The van der Waals surface area contributed by atoms with Crippen LogP contribution >= 0.6 is 0 Å². The summed E-state index contributed by atoms with van der Waals surface area (Å²) in [5.74, 6) is 2.44. The molecule has 0 aliphatic carbocycles. The Hall–Kier alpha value is -1.12. The molecule has 0 atom stereocenters. The zero-order chi connectivity index (χ0) is 9.84. The Bertz CT molecular complexity index is 281. The third-order valence-corrected chi connectivity index (χ3v) is 1.75. The van der Waals surface area contributed by atoms with Gasteiger partial charge in [0, 0.05) is 25.2 Å². The monoisotopic (exact) mass is 179 g/mol. The lowest BCUT2D eigenvalue weighted by molar-refractivity contribution is 0.619. The van der Waals surface area contributed by atoms with Crippen LogP contribution in [0.4, 0.5) is 5.82 Å². The van der Waals surface area contributed by atoms with Gasteiger partial charge in [-0.05, 0) is 12.8 Å². The zero-order valence-electron chi connectivity index (χ0n) is 8.76. The van der Waals surface area contributed by atoms with Crippen LogP contribution in [0.1, 0.15) is 25.4 Å². The average molecular weight is 179 g/mol. The van der Waals surface area contributed by atoms with Crippen molar-refractivity contribution in [3.8, 4) is 0 Å². The highest BCUT2D eigenvalue weighted by Crippen LogP contribution is 2.08. The van der Waals surface area contributed by atoms with Gasteiger partial charge in [0.15, 0.2) is 0 Å². The first kappa shape index (κ1) is 9.96. The molecular weight excluding hydrogens is 162 g/mol. The zero-order valence-corrected chi connectivity index (χ0v) is 8.76. The normalized spacial score (nSPS) is 10.5. The third-order valence-electron chi connectivity index (χ3n) is 1.75. The van der Waals surface area contributed by atoms with Crippen LogP contribution in [0.3, 0.4) is 0 Å². The van der Waals surface area contributed by atoms with Crippen LogP contribution in [-0.2, 0) is 6.42 Å². The summed E-state index contributed by atoms with van der Waals surface area (Å²) >= 11 is 0. The highest BCUT2D eigenvalue weighted by atomic mass is 15.0. The van der Waals surface area contributed by atoms with Gasteiger partial charge in [-0.2, -0.15) is 0 Å². The lowest BCUT2D eigenvalue weighted by Crippen LogP contribution is -2.04. The molecule has 0 saturated carbocycles. The van der Waals surface area contributed by atoms with Gasteiger partial charge in [-0.3, -0.25) is 0 Å². The van der Waals surface area contributed by atoms with Crippen LogP contribution < -0.4 is 5.32 Å². The van der Waals surface area contributed by atoms with Gasteiger partial charge in [0.2, 0.25) is 0 Å². The van der Waals surface area contributed by atoms with Crippen LogP contribution in [0.2, 0.25) is 0 Å². The van der Waals surface area contributed by atoms with E-state index in [1.165, 1.54) is 0 Å². The fraction of sp³-hybridized carbons (Fsp3) is 0.600. The minimum absolute atomic E-state index is 0.603. The fourth-order valence-electron chi connectivity index (χ4n) is 1.21. The first-order valence-corrected chi connectivity index (χ1v) is 4.64. The highest BCUT2D eigenvalue weighted by molar-refractivity contribution is 5.34. The first-order chi connectivity index (χ1) is 6.11. The summed E-state index contributed by atoms with van der Waals surface area (Å²) in [6, 6.07) is 1.95. The number of hydrogen-bond acceptors (Lipinski definition) is 3. The largest absolute Gasteiger partial charge is 0.373 e. The second kappa shape index (κ2) is 4.21. The molecule has 0 amide bonds. The van der Waals surface area contributed by atoms with Gasteiger partial charge < -0.3 is 5.32 Å². The van der Waals surface area contributed by atoms with E-state index in [1.807, 2.05) is 20.0 Å². The Labute approximate surface area is 79.6 Å². The quantitative estimate of drug-likeness (QED) is 0.771. The molecule has 0 bridgehead atoms. The van der Waals surface area contributed by atoms with Crippen molar-refractivity contribution in [1.29, 1.82) is 0 Å². The number of nitrogens with one attached hydrogen (secondary N) is 1. The second-order valence-electron chi connectivity index (χ2n) is 3.66. The molecule has 1 N–H and O–H groups in total. The number of nitrogens with zero attached hydrogens (tertiary/aromatic N) is 2. The minimum atomic E-state index is 0.603. The fourth-order valence-corrected chi connectivity index (χ4v) is 1.21. The molecular formula is C10H17N3. The number of rotatable bonds is 3. The lowest BCUT2D eigenvalue weighted by Gasteiger charge is -2.06. The predicted octanol–water partition coefficient (Wildman–Crippen LogP) is 2.03. The van der Waals surface area contributed by atoms with Crippen molar-refractivity contribution in [2.75, 3.05) is 12.4 Å². The SMILES string of the molecule is CNc1cc(C)nc(CC(C)C)n1. The van der Waals surface area contributed by atoms with Gasteiger partial charge in [0.05, 0.1) is 0 Å². The standard InChI is InChI=1S/C10H17N3/c1-7(2)5-10-12-8(3)6-9(11-4)13-10/h6-7H,5H2,1-4H3,(H,11,12,13). The van der Waals surface area contributed by atoms with E-state index < -0.39 is 0 Å². The number of anilines is 1. The van der Waals surface area contributed by atoms with Crippen molar-refractivity contribution in [2.45, 2.75) is 27.2 Å². The van der Waals surface area contributed by atoms with Crippen LogP contribution in [0.5, 0.6) is 0 Å². The summed E-state index contributed by atoms with van der Waals surface area (Å²) in [5.41, 5.74) is 1.02. The smallest absolute Gasteiger partial charge is 0.131 e. The van der Waals surface area contributed by atoms with E-state index in [1.54, 1.807) is 0 Å². The first-order valence-electron chi connectivity index (χ1n) is 4.64. The van der Waals surface area contributed by atoms with E-state index in [-0.39, 0.29) is 0 Å². The van der Waals surface area contributed by atoms with Crippen molar-refractivity contribution in [2.24, 2.45) is 5.92 Å². The van der Waals surface area contributed by atoms with Gasteiger partial charge in [-0.1, -0.05) is 13.8 Å². The Morgan fingerprint density at radius 2 is 2.08 bits per heavy atom. The molecule has 0 unspecified atom stereocenters. The van der Waals surface area contributed by atoms with E-state index in [2.05, 4.69) is 29.1 Å².